The number of hydrogen-bond acceptors (Lipinski definition) is 5. The standard InChI is InChI=1S/C18H21FN4O2/c19-15-6-2-1-4-13(15)7-8-20-17-12-21-16(11-22-17)18(24)23-10-14-5-3-9-25-14/h1-2,4,6,11-12,14H,3,5,7-10H2,(H,20,22)(H,23,24). The Morgan fingerprint density at radius 3 is 2.88 bits per heavy atom. The first-order valence-corrected chi connectivity index (χ1v) is 8.41. The van der Waals surface area contributed by atoms with Crippen LogP contribution in [0.5, 0.6) is 0 Å². The minimum absolute atomic E-state index is 0.0937. The van der Waals surface area contributed by atoms with E-state index in [0.29, 0.717) is 30.9 Å². The van der Waals surface area contributed by atoms with Crippen molar-refractivity contribution in [3.05, 3.63) is 53.7 Å². The fourth-order valence-electron chi connectivity index (χ4n) is 2.67. The molecule has 0 radical (unpaired) electrons. The Balaban J connectivity index is 1.45. The summed E-state index contributed by atoms with van der Waals surface area (Å²) in [5, 5.41) is 5.87. The second-order valence-corrected chi connectivity index (χ2v) is 5.90. The molecule has 1 amide bonds. The first-order chi connectivity index (χ1) is 12.2. The average Bonchev–Trinajstić information content (AvgIpc) is 3.15. The van der Waals surface area contributed by atoms with Crippen molar-refractivity contribution in [3.63, 3.8) is 0 Å². The zero-order chi connectivity index (χ0) is 17.5. The lowest BCUT2D eigenvalue weighted by Gasteiger charge is -2.10. The molecule has 1 aromatic carbocycles. The van der Waals surface area contributed by atoms with Crippen LogP contribution >= 0.6 is 0 Å². The average molecular weight is 344 g/mol. The molecule has 1 saturated heterocycles. The summed E-state index contributed by atoms with van der Waals surface area (Å²) in [6.07, 6.45) is 5.57. The Labute approximate surface area is 145 Å². The number of carbonyl (C=O) groups excluding carboxylic acids is 1. The van der Waals surface area contributed by atoms with E-state index in [4.69, 9.17) is 4.74 Å². The highest BCUT2D eigenvalue weighted by Gasteiger charge is 2.17. The normalized spacial score (nSPS) is 16.6. The Hall–Kier alpha value is -2.54. The molecule has 1 aliphatic heterocycles. The first-order valence-electron chi connectivity index (χ1n) is 8.41. The zero-order valence-corrected chi connectivity index (χ0v) is 13.9. The third kappa shape index (κ3) is 4.96. The smallest absolute Gasteiger partial charge is 0.271 e. The molecule has 7 heteroatoms. The predicted molar refractivity (Wildman–Crippen MR) is 91.9 cm³/mol. The van der Waals surface area contributed by atoms with Crippen LogP contribution in [0.4, 0.5) is 10.2 Å². The van der Waals surface area contributed by atoms with E-state index in [2.05, 4.69) is 20.6 Å². The molecule has 6 nitrogen and oxygen atoms in total. The molecule has 1 aliphatic rings. The van der Waals surface area contributed by atoms with Crippen LogP contribution in [-0.4, -0.2) is 41.7 Å². The van der Waals surface area contributed by atoms with E-state index in [0.717, 1.165) is 19.4 Å². The molecule has 25 heavy (non-hydrogen) atoms. The molecule has 0 saturated carbocycles. The molecule has 0 aliphatic carbocycles. The number of aromatic nitrogens is 2. The summed E-state index contributed by atoms with van der Waals surface area (Å²) in [6.45, 7) is 1.77. The van der Waals surface area contributed by atoms with Crippen LogP contribution in [-0.2, 0) is 11.2 Å². The number of nitrogens with zero attached hydrogens (tertiary/aromatic N) is 2. The second kappa shape index (κ2) is 8.53. The van der Waals surface area contributed by atoms with E-state index in [9.17, 15) is 9.18 Å². The van der Waals surface area contributed by atoms with Crippen LogP contribution in [0.3, 0.4) is 0 Å². The van der Waals surface area contributed by atoms with Gasteiger partial charge in [0, 0.05) is 19.7 Å². The molecule has 0 spiro atoms. The Kier molecular flexibility index (Phi) is 5.90. The third-order valence-electron chi connectivity index (χ3n) is 4.06. The Morgan fingerprint density at radius 2 is 2.16 bits per heavy atom. The molecule has 2 aromatic rings. The van der Waals surface area contributed by atoms with Crippen molar-refractivity contribution >= 4 is 11.7 Å². The maximum absolute atomic E-state index is 13.5. The number of ether oxygens (including phenoxy) is 1. The lowest BCUT2D eigenvalue weighted by Crippen LogP contribution is -2.32. The molecule has 0 bridgehead atoms. The van der Waals surface area contributed by atoms with Crippen LogP contribution in [0.15, 0.2) is 36.7 Å². The fraction of sp³-hybridized carbons (Fsp3) is 0.389. The van der Waals surface area contributed by atoms with Crippen molar-refractivity contribution in [1.29, 1.82) is 0 Å². The highest BCUT2D eigenvalue weighted by atomic mass is 19.1. The molecule has 1 fully saturated rings. The van der Waals surface area contributed by atoms with Gasteiger partial charge in [-0.3, -0.25) is 4.79 Å². The predicted octanol–water partition coefficient (Wildman–Crippen LogP) is 2.18. The number of nitrogens with one attached hydrogen (secondary N) is 2. The SMILES string of the molecule is O=C(NCC1CCCO1)c1cnc(NCCc2ccccc2F)cn1. The number of hydrogen-bond donors (Lipinski definition) is 2. The summed E-state index contributed by atoms with van der Waals surface area (Å²) < 4.78 is 19.0. The van der Waals surface area contributed by atoms with Gasteiger partial charge in [0.1, 0.15) is 17.3 Å². The largest absolute Gasteiger partial charge is 0.376 e. The first kappa shape index (κ1) is 17.3. The van der Waals surface area contributed by atoms with Crippen molar-refractivity contribution in [2.24, 2.45) is 0 Å². The van der Waals surface area contributed by atoms with Gasteiger partial charge in [-0.2, -0.15) is 0 Å². The molecule has 1 aromatic heterocycles. The quantitative estimate of drug-likeness (QED) is 0.805. The molecule has 1 unspecified atom stereocenters. The van der Waals surface area contributed by atoms with E-state index < -0.39 is 0 Å². The van der Waals surface area contributed by atoms with Crippen molar-refractivity contribution in [2.75, 3.05) is 25.0 Å². The highest BCUT2D eigenvalue weighted by molar-refractivity contribution is 5.92. The summed E-state index contributed by atoms with van der Waals surface area (Å²) in [4.78, 5) is 20.3. The lowest BCUT2D eigenvalue weighted by atomic mass is 10.1. The van der Waals surface area contributed by atoms with Crippen LogP contribution in [0, 0.1) is 5.82 Å². The molecule has 2 heterocycles. The van der Waals surface area contributed by atoms with Gasteiger partial charge >= 0.3 is 0 Å². The van der Waals surface area contributed by atoms with Gasteiger partial charge < -0.3 is 15.4 Å². The van der Waals surface area contributed by atoms with Gasteiger partial charge in [-0.25, -0.2) is 14.4 Å². The number of anilines is 1. The van der Waals surface area contributed by atoms with Gasteiger partial charge in [0.15, 0.2) is 0 Å². The number of halogens is 1. The second-order valence-electron chi connectivity index (χ2n) is 5.90. The van der Waals surface area contributed by atoms with Gasteiger partial charge in [-0.1, -0.05) is 18.2 Å². The number of carbonyl (C=O) groups is 1. The minimum atomic E-state index is -0.263. The number of rotatable bonds is 7. The van der Waals surface area contributed by atoms with E-state index in [1.54, 1.807) is 12.1 Å². The maximum atomic E-state index is 13.5. The van der Waals surface area contributed by atoms with Crippen LogP contribution < -0.4 is 10.6 Å². The van der Waals surface area contributed by atoms with Gasteiger partial charge in [0.05, 0.1) is 18.5 Å². The summed E-state index contributed by atoms with van der Waals surface area (Å²) in [5.41, 5.74) is 0.908. The maximum Gasteiger partial charge on any atom is 0.271 e. The van der Waals surface area contributed by atoms with E-state index in [-0.39, 0.29) is 23.5 Å². The van der Waals surface area contributed by atoms with Crippen molar-refractivity contribution in [2.45, 2.75) is 25.4 Å². The van der Waals surface area contributed by atoms with Crippen molar-refractivity contribution in [3.8, 4) is 0 Å². The van der Waals surface area contributed by atoms with Crippen molar-refractivity contribution < 1.29 is 13.9 Å². The summed E-state index contributed by atoms with van der Waals surface area (Å²) in [6, 6.07) is 6.67. The van der Waals surface area contributed by atoms with E-state index >= 15 is 0 Å². The van der Waals surface area contributed by atoms with Crippen LogP contribution in [0.1, 0.15) is 28.9 Å². The molecular formula is C18H21FN4O2. The molecule has 1 atom stereocenters. The summed E-state index contributed by atoms with van der Waals surface area (Å²) in [5.74, 6) is 0.0709. The van der Waals surface area contributed by atoms with Crippen LogP contribution in [0.25, 0.3) is 0 Å². The molecule has 2 N–H and O–H groups in total. The zero-order valence-electron chi connectivity index (χ0n) is 13.9. The summed E-state index contributed by atoms with van der Waals surface area (Å²) >= 11 is 0. The van der Waals surface area contributed by atoms with Crippen LogP contribution in [0.2, 0.25) is 0 Å². The Bertz CT molecular complexity index is 702. The van der Waals surface area contributed by atoms with E-state index in [1.807, 2.05) is 6.07 Å². The minimum Gasteiger partial charge on any atom is -0.376 e. The molecule has 132 valence electrons. The number of benzene rings is 1. The van der Waals surface area contributed by atoms with Crippen molar-refractivity contribution in [1.82, 2.24) is 15.3 Å². The van der Waals surface area contributed by atoms with E-state index in [1.165, 1.54) is 18.5 Å². The highest BCUT2D eigenvalue weighted by Crippen LogP contribution is 2.11. The summed E-state index contributed by atoms with van der Waals surface area (Å²) in [7, 11) is 0. The number of amides is 1. The topological polar surface area (TPSA) is 76.1 Å². The fourth-order valence-corrected chi connectivity index (χ4v) is 2.67. The third-order valence-corrected chi connectivity index (χ3v) is 4.06. The monoisotopic (exact) mass is 344 g/mol. The Morgan fingerprint density at radius 1 is 1.28 bits per heavy atom. The van der Waals surface area contributed by atoms with Gasteiger partial charge in [0.25, 0.3) is 5.91 Å². The van der Waals surface area contributed by atoms with Gasteiger partial charge in [-0.05, 0) is 30.9 Å². The molecule has 3 rings (SSSR count). The van der Waals surface area contributed by atoms with Gasteiger partial charge in [0.2, 0.25) is 0 Å². The molecular weight excluding hydrogens is 323 g/mol. The lowest BCUT2D eigenvalue weighted by molar-refractivity contribution is 0.0853. The van der Waals surface area contributed by atoms with Gasteiger partial charge in [-0.15, -0.1) is 0 Å².